The first-order valence-electron chi connectivity index (χ1n) is 5.33. The second kappa shape index (κ2) is 6.45. The summed E-state index contributed by atoms with van der Waals surface area (Å²) >= 11 is 5.40. The van der Waals surface area contributed by atoms with Crippen molar-refractivity contribution in [1.82, 2.24) is 0 Å². The summed E-state index contributed by atoms with van der Waals surface area (Å²) in [6.45, 7) is 4.23. The molecule has 0 aliphatic heterocycles. The first-order chi connectivity index (χ1) is 8.36. The molecule has 0 saturated heterocycles. The molecular weight excluding hydrogens is 295 g/mol. The van der Waals surface area contributed by atoms with Crippen LogP contribution in [0.3, 0.4) is 0 Å². The van der Waals surface area contributed by atoms with E-state index in [1.807, 2.05) is 13.8 Å². The lowest BCUT2D eigenvalue weighted by Gasteiger charge is -2.14. The highest BCUT2D eigenvalue weighted by Crippen LogP contribution is 2.30. The minimum atomic E-state index is -3.72. The van der Waals surface area contributed by atoms with Crippen molar-refractivity contribution in [1.29, 1.82) is 0 Å². The molecule has 0 heterocycles. The highest BCUT2D eigenvalue weighted by molar-refractivity contribution is 8.13. The van der Waals surface area contributed by atoms with E-state index >= 15 is 0 Å². The third-order valence-corrected chi connectivity index (χ3v) is 3.84. The maximum absolute atomic E-state index is 11.3. The Hall–Kier alpha value is -0.710. The Morgan fingerprint density at radius 2 is 2.06 bits per heavy atom. The molecule has 0 atom stereocenters. The van der Waals surface area contributed by atoms with Crippen LogP contribution in [0.1, 0.15) is 25.3 Å². The fourth-order valence-corrected chi connectivity index (χ4v) is 2.29. The summed E-state index contributed by atoms with van der Waals surface area (Å²) < 4.78 is 28.0. The topological polar surface area (TPSA) is 43.4 Å². The normalized spacial score (nSPS) is 12.3. The van der Waals surface area contributed by atoms with Crippen LogP contribution in [0.25, 0.3) is 0 Å². The van der Waals surface area contributed by atoms with Crippen LogP contribution in [0.4, 0.5) is 0 Å². The van der Waals surface area contributed by atoms with E-state index in [1.165, 1.54) is 17.7 Å². The van der Waals surface area contributed by atoms with Gasteiger partial charge in [-0.15, -0.1) is 0 Å². The molecule has 0 unspecified atom stereocenters. The molecule has 0 radical (unpaired) electrons. The van der Waals surface area contributed by atoms with Gasteiger partial charge in [0.25, 0.3) is 9.05 Å². The first-order valence-corrected chi connectivity index (χ1v) is 8.07. The largest absolute Gasteiger partial charge is 0.489 e. The maximum atomic E-state index is 11.3. The van der Waals surface area contributed by atoms with Crippen molar-refractivity contribution in [2.24, 2.45) is 0 Å². The van der Waals surface area contributed by atoms with Crippen LogP contribution in [-0.4, -0.2) is 15.0 Å². The number of halogens is 2. The quantitative estimate of drug-likeness (QED) is 0.776. The fraction of sp³-hybridized carbons (Fsp3) is 0.333. The van der Waals surface area contributed by atoms with Gasteiger partial charge < -0.3 is 4.74 Å². The number of benzene rings is 1. The molecule has 0 N–H and O–H groups in total. The van der Waals surface area contributed by atoms with Crippen LogP contribution < -0.4 is 4.74 Å². The number of hydrogen-bond acceptors (Lipinski definition) is 3. The second-order valence-electron chi connectivity index (χ2n) is 3.96. The Bertz CT molecular complexity index is 536. The van der Waals surface area contributed by atoms with Crippen molar-refractivity contribution >= 4 is 31.3 Å². The van der Waals surface area contributed by atoms with Gasteiger partial charge in [-0.05, 0) is 35.8 Å². The lowest BCUT2D eigenvalue weighted by molar-refractivity contribution is 0.357. The zero-order valence-corrected chi connectivity index (χ0v) is 12.4. The van der Waals surface area contributed by atoms with Gasteiger partial charge in [0.05, 0.1) is 4.90 Å². The molecule has 0 aliphatic carbocycles. The second-order valence-corrected chi connectivity index (χ2v) is 6.78. The van der Waals surface area contributed by atoms with Crippen molar-refractivity contribution in [3.05, 3.63) is 35.4 Å². The molecular formula is C12H14Cl2O3S. The molecule has 18 heavy (non-hydrogen) atoms. The van der Waals surface area contributed by atoms with Gasteiger partial charge in [-0.2, -0.15) is 0 Å². The predicted molar refractivity (Wildman–Crippen MR) is 74.1 cm³/mol. The van der Waals surface area contributed by atoms with Crippen LogP contribution in [0, 0.1) is 0 Å². The fourth-order valence-electron chi connectivity index (χ4n) is 1.44. The minimum absolute atomic E-state index is 0.0769. The molecule has 0 spiro atoms. The standard InChI is InChI=1S/C12H14Cl2O3S/c1-9(2)11-8-10(18(14,15)16)4-5-12(11)17-7-3-6-13/h3-6,8-9H,7H2,1-2H3/b6-3+. The van der Waals surface area contributed by atoms with Crippen LogP contribution in [0.2, 0.25) is 0 Å². The Labute approximate surface area is 117 Å². The lowest BCUT2D eigenvalue weighted by Crippen LogP contribution is -2.01. The van der Waals surface area contributed by atoms with E-state index in [-0.39, 0.29) is 10.8 Å². The molecule has 1 aromatic carbocycles. The van der Waals surface area contributed by atoms with Gasteiger partial charge in [-0.1, -0.05) is 25.4 Å². The van der Waals surface area contributed by atoms with Crippen LogP contribution in [-0.2, 0) is 9.05 Å². The van der Waals surface area contributed by atoms with Gasteiger partial charge in [0, 0.05) is 16.2 Å². The SMILES string of the molecule is CC(C)c1cc(S(=O)(=O)Cl)ccc1OC/C=C/Cl. The van der Waals surface area contributed by atoms with E-state index in [2.05, 4.69) is 0 Å². The third kappa shape index (κ3) is 4.19. The lowest BCUT2D eigenvalue weighted by atomic mass is 10.0. The van der Waals surface area contributed by atoms with Gasteiger partial charge in [-0.25, -0.2) is 8.42 Å². The molecule has 1 aromatic rings. The van der Waals surface area contributed by atoms with Gasteiger partial charge in [0.15, 0.2) is 0 Å². The smallest absolute Gasteiger partial charge is 0.261 e. The molecule has 6 heteroatoms. The first kappa shape index (κ1) is 15.3. The van der Waals surface area contributed by atoms with Crippen molar-refractivity contribution in [3.63, 3.8) is 0 Å². The molecule has 0 aliphatic rings. The van der Waals surface area contributed by atoms with Gasteiger partial charge in [0.2, 0.25) is 0 Å². The minimum Gasteiger partial charge on any atom is -0.489 e. The Morgan fingerprint density at radius 1 is 1.39 bits per heavy atom. The predicted octanol–water partition coefficient (Wildman–Crippen LogP) is 3.87. The molecule has 0 bridgehead atoms. The molecule has 0 saturated carbocycles. The van der Waals surface area contributed by atoms with Crippen molar-refractivity contribution in [2.75, 3.05) is 6.61 Å². The van der Waals surface area contributed by atoms with Gasteiger partial charge in [0.1, 0.15) is 12.4 Å². The Balaban J connectivity index is 3.13. The van der Waals surface area contributed by atoms with Gasteiger partial charge >= 0.3 is 0 Å². The molecule has 0 fully saturated rings. The highest BCUT2D eigenvalue weighted by Gasteiger charge is 2.15. The summed E-state index contributed by atoms with van der Waals surface area (Å²) in [6, 6.07) is 4.56. The summed E-state index contributed by atoms with van der Waals surface area (Å²) in [7, 11) is 1.60. The van der Waals surface area contributed by atoms with E-state index < -0.39 is 9.05 Å². The van der Waals surface area contributed by atoms with Crippen molar-refractivity contribution in [2.45, 2.75) is 24.7 Å². The Morgan fingerprint density at radius 3 is 2.56 bits per heavy atom. The monoisotopic (exact) mass is 308 g/mol. The maximum Gasteiger partial charge on any atom is 0.261 e. The van der Waals surface area contributed by atoms with Crippen molar-refractivity contribution in [3.8, 4) is 5.75 Å². The average Bonchev–Trinajstić information content (AvgIpc) is 2.28. The van der Waals surface area contributed by atoms with Crippen molar-refractivity contribution < 1.29 is 13.2 Å². The molecule has 0 aromatic heterocycles. The van der Waals surface area contributed by atoms with E-state index in [9.17, 15) is 8.42 Å². The summed E-state index contributed by atoms with van der Waals surface area (Å²) in [5.41, 5.74) is 2.16. The van der Waals surface area contributed by atoms with Crippen LogP contribution in [0.15, 0.2) is 34.7 Å². The summed E-state index contributed by atoms with van der Waals surface area (Å²) in [5.74, 6) is 0.752. The van der Waals surface area contributed by atoms with Gasteiger partial charge in [-0.3, -0.25) is 0 Å². The summed E-state index contributed by atoms with van der Waals surface area (Å²) in [6.07, 6.45) is 1.65. The highest BCUT2D eigenvalue weighted by atomic mass is 35.7. The van der Waals surface area contributed by atoms with E-state index in [4.69, 9.17) is 27.0 Å². The molecule has 1 rings (SSSR count). The molecule has 3 nitrogen and oxygen atoms in total. The summed E-state index contributed by atoms with van der Waals surface area (Å²) in [4.78, 5) is 0.0769. The zero-order chi connectivity index (χ0) is 13.8. The average molecular weight is 309 g/mol. The third-order valence-electron chi connectivity index (χ3n) is 2.31. The number of hydrogen-bond donors (Lipinski definition) is 0. The number of rotatable bonds is 5. The van der Waals surface area contributed by atoms with E-state index in [0.717, 1.165) is 5.56 Å². The molecule has 0 amide bonds. The summed E-state index contributed by atoms with van der Waals surface area (Å²) in [5, 5.41) is 0. The van der Waals surface area contributed by atoms with E-state index in [0.29, 0.717) is 12.4 Å². The van der Waals surface area contributed by atoms with Crippen LogP contribution in [0.5, 0.6) is 5.75 Å². The molecule has 100 valence electrons. The zero-order valence-electron chi connectivity index (χ0n) is 10.1. The number of ether oxygens (including phenoxy) is 1. The van der Waals surface area contributed by atoms with E-state index in [1.54, 1.807) is 12.1 Å². The Kier molecular flexibility index (Phi) is 5.50. The van der Waals surface area contributed by atoms with Crippen LogP contribution >= 0.6 is 22.3 Å².